The lowest BCUT2D eigenvalue weighted by atomic mass is 9.42. The van der Waals surface area contributed by atoms with E-state index in [1.807, 2.05) is 11.8 Å². The van der Waals surface area contributed by atoms with Crippen molar-refractivity contribution >= 4 is 41.0 Å². The average molecular weight is 942 g/mol. The Balaban J connectivity index is 0.638. The molecule has 1 amide bonds. The van der Waals surface area contributed by atoms with E-state index in [4.69, 9.17) is 18.9 Å². The Hall–Kier alpha value is -2.16. The highest BCUT2D eigenvalue weighted by Gasteiger charge is 2.70. The summed E-state index contributed by atoms with van der Waals surface area (Å²) >= 11 is 1.98. The summed E-state index contributed by atoms with van der Waals surface area (Å²) in [4.78, 5) is 61.0. The van der Waals surface area contributed by atoms with Crippen LogP contribution < -0.4 is 5.32 Å². The standard InChI is InChI=1S/C53H83NO11S/c1-51-23-21-42(31-38(51)19-20-44-45(51)32-47(58)52(2)43(22-24-53(44,52)61)36-30-49(60)65-33-36)64-34-41(57)17-6-4-3-5-13-39(55)15-9-11-25-62-27-28-63-26-12-10-16-40(56)14-7-8-18-46-50-37(35-66-46)29-48(59)54-50/h30,37-38,42-47,50,58,61H,3-29,31-35H2,1-2H3,(H,54,59)/t37-,38+,42-,43+,44+,45-,46-,47+,50-,51-,52-,53-/m0/s1. The van der Waals surface area contributed by atoms with Crippen LogP contribution in [0.2, 0.25) is 0 Å². The number of fused-ring (bicyclic) bond motifs is 6. The van der Waals surface area contributed by atoms with Gasteiger partial charge in [-0.3, -0.25) is 19.2 Å². The lowest BCUT2D eigenvalue weighted by Crippen LogP contribution is -2.67. The molecule has 66 heavy (non-hydrogen) atoms. The number of carbonyl (C=O) groups excluding carboxylic acids is 5. The SMILES string of the molecule is C[C@]12CC[C@H](OCC(=O)CCCCCCC(=O)CCCCOCCOCCCCC(=O)CCCC[C@@H]3SC[C@@H]4CC(=O)N[C@@H]43)C[C@H]1CC[C@@H]1[C@@H]2C[C@@H](O)[C@]2(C)[C@@H](C3=CC(=O)OC3)CC[C@]12O. The van der Waals surface area contributed by atoms with Crippen molar-refractivity contribution in [2.75, 3.05) is 45.4 Å². The number of carbonyl (C=O) groups is 5. The van der Waals surface area contributed by atoms with Crippen molar-refractivity contribution < 1.29 is 53.1 Å². The van der Waals surface area contributed by atoms with E-state index >= 15 is 0 Å². The molecule has 0 unspecified atom stereocenters. The molecule has 12 atom stereocenters. The summed E-state index contributed by atoms with van der Waals surface area (Å²) in [5.41, 5.74) is -0.746. The molecule has 6 fully saturated rings. The number of amides is 1. The lowest BCUT2D eigenvalue weighted by molar-refractivity contribution is -0.245. The Morgan fingerprint density at radius 2 is 1.42 bits per heavy atom. The molecule has 13 heteroatoms. The number of esters is 1. The Bertz CT molecular complexity index is 1710. The van der Waals surface area contributed by atoms with Crippen molar-refractivity contribution in [1.82, 2.24) is 5.32 Å². The molecule has 3 aliphatic heterocycles. The predicted octanol–water partition coefficient (Wildman–Crippen LogP) is 8.20. The van der Waals surface area contributed by atoms with Crippen LogP contribution in [0.15, 0.2) is 11.6 Å². The monoisotopic (exact) mass is 942 g/mol. The van der Waals surface area contributed by atoms with Gasteiger partial charge in [0.25, 0.3) is 0 Å². The lowest BCUT2D eigenvalue weighted by Gasteiger charge is -2.65. The third kappa shape index (κ3) is 12.4. The number of aliphatic hydroxyl groups is 2. The topological polar surface area (TPSA) is 175 Å². The number of unbranched alkanes of at least 4 members (excludes halogenated alkanes) is 6. The molecule has 3 heterocycles. The van der Waals surface area contributed by atoms with Gasteiger partial charge >= 0.3 is 5.97 Å². The minimum Gasteiger partial charge on any atom is -0.458 e. The summed E-state index contributed by atoms with van der Waals surface area (Å²) < 4.78 is 22.9. The number of ether oxygens (including phenoxy) is 4. The van der Waals surface area contributed by atoms with Crippen molar-refractivity contribution in [3.63, 3.8) is 0 Å². The van der Waals surface area contributed by atoms with Crippen LogP contribution in [0.3, 0.4) is 0 Å². The second-order valence-electron chi connectivity index (χ2n) is 21.9. The van der Waals surface area contributed by atoms with Gasteiger partial charge in [-0.05, 0) is 149 Å². The summed E-state index contributed by atoms with van der Waals surface area (Å²) in [5, 5.41) is 28.0. The fraction of sp³-hybridized carbons (Fsp3) is 0.868. The largest absolute Gasteiger partial charge is 0.458 e. The predicted molar refractivity (Wildman–Crippen MR) is 254 cm³/mol. The fourth-order valence-electron chi connectivity index (χ4n) is 14.0. The first-order chi connectivity index (χ1) is 31.8. The first kappa shape index (κ1) is 51.7. The van der Waals surface area contributed by atoms with Gasteiger partial charge in [0.15, 0.2) is 5.78 Å². The maximum atomic E-state index is 12.8. The van der Waals surface area contributed by atoms with Gasteiger partial charge < -0.3 is 34.5 Å². The van der Waals surface area contributed by atoms with E-state index in [0.29, 0.717) is 112 Å². The van der Waals surface area contributed by atoms with Crippen molar-refractivity contribution in [2.24, 2.45) is 40.4 Å². The van der Waals surface area contributed by atoms with Gasteiger partial charge in [-0.1, -0.05) is 33.1 Å². The number of aliphatic hydroxyl groups excluding tert-OH is 1. The molecule has 0 spiro atoms. The van der Waals surface area contributed by atoms with E-state index in [-0.39, 0.29) is 60.1 Å². The molecule has 3 N–H and O–H groups in total. The van der Waals surface area contributed by atoms with Crippen molar-refractivity contribution in [3.05, 3.63) is 11.6 Å². The molecule has 4 aliphatic carbocycles. The maximum Gasteiger partial charge on any atom is 0.331 e. The normalized spacial score (nSPS) is 35.7. The van der Waals surface area contributed by atoms with Crippen LogP contribution in [-0.2, 0) is 42.9 Å². The quantitative estimate of drug-likeness (QED) is 0.0485. The Labute approximate surface area is 399 Å². The van der Waals surface area contributed by atoms with E-state index < -0.39 is 17.1 Å². The third-order valence-corrected chi connectivity index (χ3v) is 19.5. The first-order valence-electron chi connectivity index (χ1n) is 26.3. The van der Waals surface area contributed by atoms with Gasteiger partial charge in [-0.2, -0.15) is 11.8 Å². The minimum atomic E-state index is -0.976. The summed E-state index contributed by atoms with van der Waals surface area (Å²) in [6.07, 6.45) is 21.5. The van der Waals surface area contributed by atoms with Crippen LogP contribution in [0.1, 0.15) is 174 Å². The average Bonchev–Trinajstić information content (AvgIpc) is 4.06. The number of hydrogen-bond acceptors (Lipinski definition) is 12. The van der Waals surface area contributed by atoms with E-state index in [9.17, 15) is 34.2 Å². The highest BCUT2D eigenvalue weighted by Crippen LogP contribution is 2.70. The maximum absolute atomic E-state index is 12.8. The molecule has 0 bridgehead atoms. The molecule has 0 aromatic rings. The summed E-state index contributed by atoms with van der Waals surface area (Å²) in [7, 11) is 0. The molecule has 4 saturated carbocycles. The number of ketones is 3. The highest BCUT2D eigenvalue weighted by molar-refractivity contribution is 8.00. The minimum absolute atomic E-state index is 0.00595. The molecular formula is C53H83NO11S. The molecule has 2 saturated heterocycles. The van der Waals surface area contributed by atoms with Crippen molar-refractivity contribution in [3.8, 4) is 0 Å². The summed E-state index contributed by atoms with van der Waals surface area (Å²) in [5.74, 6) is 2.97. The zero-order chi connectivity index (χ0) is 46.7. The molecule has 0 radical (unpaired) electrons. The van der Waals surface area contributed by atoms with Gasteiger partial charge in [0.05, 0.1) is 31.0 Å². The molecule has 7 rings (SSSR count). The molecular weight excluding hydrogens is 859 g/mol. The number of hydrogen-bond donors (Lipinski definition) is 3. The van der Waals surface area contributed by atoms with Crippen LogP contribution in [0, 0.1) is 40.4 Å². The first-order valence-corrected chi connectivity index (χ1v) is 27.4. The Kier molecular flexibility index (Phi) is 18.9. The second-order valence-corrected chi connectivity index (χ2v) is 23.2. The molecule has 12 nitrogen and oxygen atoms in total. The number of thioether (sulfide) groups is 1. The number of nitrogens with one attached hydrogen (secondary N) is 1. The number of Topliss-reactive ketones (excluding diaryl/α,β-unsaturated/α-hetero) is 3. The van der Waals surface area contributed by atoms with Crippen LogP contribution in [-0.4, -0.2) is 114 Å². The second kappa shape index (κ2) is 24.1. The van der Waals surface area contributed by atoms with Gasteiger partial charge in [0, 0.05) is 74.5 Å². The number of rotatable bonds is 29. The molecule has 372 valence electrons. The van der Waals surface area contributed by atoms with Crippen LogP contribution >= 0.6 is 11.8 Å². The van der Waals surface area contributed by atoms with Crippen LogP contribution in [0.4, 0.5) is 0 Å². The van der Waals surface area contributed by atoms with E-state index in [2.05, 4.69) is 19.2 Å². The van der Waals surface area contributed by atoms with Gasteiger partial charge in [0.1, 0.15) is 24.8 Å². The van der Waals surface area contributed by atoms with Gasteiger partial charge in [-0.25, -0.2) is 4.79 Å². The van der Waals surface area contributed by atoms with Gasteiger partial charge in [0.2, 0.25) is 5.91 Å². The highest BCUT2D eigenvalue weighted by atomic mass is 32.2. The van der Waals surface area contributed by atoms with Crippen molar-refractivity contribution in [1.29, 1.82) is 0 Å². The molecule has 7 aliphatic rings. The number of cyclic esters (lactones) is 1. The van der Waals surface area contributed by atoms with E-state index in [1.54, 1.807) is 6.08 Å². The Morgan fingerprint density at radius 3 is 2.09 bits per heavy atom. The van der Waals surface area contributed by atoms with Gasteiger partial charge in [-0.15, -0.1) is 0 Å². The fourth-order valence-corrected chi connectivity index (χ4v) is 15.6. The summed E-state index contributed by atoms with van der Waals surface area (Å²) in [6.45, 7) is 7.19. The summed E-state index contributed by atoms with van der Waals surface area (Å²) in [6, 6.07) is 0.346. The molecule has 0 aromatic heterocycles. The van der Waals surface area contributed by atoms with E-state index in [1.165, 1.54) is 0 Å². The van der Waals surface area contributed by atoms with E-state index in [0.717, 1.165) is 120 Å². The van der Waals surface area contributed by atoms with Crippen molar-refractivity contribution in [2.45, 2.75) is 203 Å². The zero-order valence-electron chi connectivity index (χ0n) is 40.4. The van der Waals surface area contributed by atoms with Crippen LogP contribution in [0.25, 0.3) is 0 Å². The third-order valence-electron chi connectivity index (χ3n) is 17.9. The Morgan fingerprint density at radius 1 is 0.773 bits per heavy atom. The van der Waals surface area contributed by atoms with Crippen LogP contribution in [0.5, 0.6) is 0 Å². The smallest absolute Gasteiger partial charge is 0.331 e. The molecule has 0 aromatic carbocycles. The zero-order valence-corrected chi connectivity index (χ0v) is 41.2.